The van der Waals surface area contributed by atoms with Crippen LogP contribution in [-0.4, -0.2) is 17.2 Å². The Kier molecular flexibility index (Phi) is 4.27. The number of hydrogen-bond acceptors (Lipinski definition) is 3. The predicted molar refractivity (Wildman–Crippen MR) is 58.1 cm³/mol. The van der Waals surface area contributed by atoms with E-state index in [0.717, 1.165) is 38.5 Å². The van der Waals surface area contributed by atoms with E-state index in [4.69, 9.17) is 0 Å². The summed E-state index contributed by atoms with van der Waals surface area (Å²) in [5.41, 5.74) is 4.71. The van der Waals surface area contributed by atoms with Crippen LogP contribution >= 0.6 is 0 Å². The van der Waals surface area contributed by atoms with E-state index in [1.807, 2.05) is 0 Å². The summed E-state index contributed by atoms with van der Waals surface area (Å²) in [5, 5.41) is 0. The Morgan fingerprint density at radius 3 is 1.93 bits per heavy atom. The minimum atomic E-state index is -0.622. The van der Waals surface area contributed by atoms with Crippen molar-refractivity contribution in [2.24, 2.45) is 0 Å². The van der Waals surface area contributed by atoms with E-state index in [-0.39, 0.29) is 5.78 Å². The Balaban J connectivity index is 2.67. The molecule has 2 N–H and O–H groups in total. The van der Waals surface area contributed by atoms with E-state index in [0.29, 0.717) is 0 Å². The van der Waals surface area contributed by atoms with E-state index in [9.17, 15) is 9.59 Å². The lowest BCUT2D eigenvalue weighted by molar-refractivity contribution is -0.137. The quantitative estimate of drug-likeness (QED) is 0.653. The van der Waals surface area contributed by atoms with Gasteiger partial charge in [0.25, 0.3) is 0 Å². The molecule has 1 heterocycles. The highest BCUT2D eigenvalue weighted by atomic mass is 16.2. The second-order valence-corrected chi connectivity index (χ2v) is 4.20. The minimum absolute atomic E-state index is 0.288. The van der Waals surface area contributed by atoms with Crippen LogP contribution in [0.25, 0.3) is 0 Å². The molecule has 0 atom stereocenters. The molecule has 0 aromatic rings. The van der Waals surface area contributed by atoms with Crippen molar-refractivity contribution < 1.29 is 9.59 Å². The van der Waals surface area contributed by atoms with Gasteiger partial charge in [-0.05, 0) is 12.8 Å². The van der Waals surface area contributed by atoms with Gasteiger partial charge in [-0.3, -0.25) is 15.0 Å². The number of Topliss-reactive ketones (excluding diaryl/α,β-unsaturated/α-hetero) is 1. The number of unbranched alkanes of at least 4 members (excludes halogenated alkanes) is 2. The number of amides is 1. The monoisotopic (exact) mass is 212 g/mol. The average molecular weight is 212 g/mol. The third kappa shape index (κ3) is 2.56. The number of hydrogen-bond donors (Lipinski definition) is 2. The maximum Gasteiger partial charge on any atom is 0.303 e. The molecule has 0 aromatic carbocycles. The Hall–Kier alpha value is -0.900. The molecule has 0 unspecified atom stereocenters. The van der Waals surface area contributed by atoms with Gasteiger partial charge in [0.2, 0.25) is 5.78 Å². The van der Waals surface area contributed by atoms with Crippen LogP contribution in [0.3, 0.4) is 0 Å². The van der Waals surface area contributed by atoms with Crippen molar-refractivity contribution in [2.75, 3.05) is 0 Å². The highest BCUT2D eigenvalue weighted by Gasteiger charge is 2.46. The summed E-state index contributed by atoms with van der Waals surface area (Å²) >= 11 is 0. The molecule has 1 rings (SSSR count). The van der Waals surface area contributed by atoms with Gasteiger partial charge in [-0.1, -0.05) is 39.5 Å². The third-order valence-electron chi connectivity index (χ3n) is 2.97. The molecule has 0 aromatic heterocycles. The lowest BCUT2D eigenvalue weighted by atomic mass is 9.85. The lowest BCUT2D eigenvalue weighted by Gasteiger charge is -2.25. The highest BCUT2D eigenvalue weighted by molar-refractivity contribution is 6.41. The third-order valence-corrected chi connectivity index (χ3v) is 2.97. The second kappa shape index (κ2) is 5.26. The standard InChI is InChI=1S/C11H20N2O2/c1-3-5-7-11(8-6-4-2)9(14)10(15)12-13-11/h13H,3-8H2,1-2H3,(H,12,15). The first-order valence-electron chi connectivity index (χ1n) is 5.78. The summed E-state index contributed by atoms with van der Waals surface area (Å²) in [6, 6.07) is 0. The van der Waals surface area contributed by atoms with Gasteiger partial charge >= 0.3 is 5.91 Å². The summed E-state index contributed by atoms with van der Waals surface area (Å²) < 4.78 is 0. The van der Waals surface area contributed by atoms with E-state index in [1.165, 1.54) is 0 Å². The molecule has 1 aliphatic rings. The molecule has 1 fully saturated rings. The zero-order valence-corrected chi connectivity index (χ0v) is 9.56. The van der Waals surface area contributed by atoms with Gasteiger partial charge in [-0.2, -0.15) is 0 Å². The maximum absolute atomic E-state index is 11.8. The molecule has 4 nitrogen and oxygen atoms in total. The van der Waals surface area contributed by atoms with Gasteiger partial charge in [0.15, 0.2) is 0 Å². The second-order valence-electron chi connectivity index (χ2n) is 4.20. The van der Waals surface area contributed by atoms with E-state index in [2.05, 4.69) is 24.7 Å². The van der Waals surface area contributed by atoms with E-state index >= 15 is 0 Å². The van der Waals surface area contributed by atoms with Crippen LogP contribution in [0.5, 0.6) is 0 Å². The summed E-state index contributed by atoms with van der Waals surface area (Å²) in [5.74, 6) is -0.772. The molecule has 0 aliphatic carbocycles. The Labute approximate surface area is 90.8 Å². The van der Waals surface area contributed by atoms with Crippen molar-refractivity contribution in [1.29, 1.82) is 0 Å². The number of nitrogens with one attached hydrogen (secondary N) is 2. The fraction of sp³-hybridized carbons (Fsp3) is 0.818. The molecule has 1 saturated heterocycles. The topological polar surface area (TPSA) is 58.2 Å². The number of rotatable bonds is 6. The zero-order chi connectivity index (χ0) is 11.3. The zero-order valence-electron chi connectivity index (χ0n) is 9.56. The molecule has 0 radical (unpaired) electrons. The van der Waals surface area contributed by atoms with Gasteiger partial charge in [0.05, 0.1) is 0 Å². The molecular weight excluding hydrogens is 192 g/mol. The molecule has 86 valence electrons. The van der Waals surface area contributed by atoms with Crippen LogP contribution in [-0.2, 0) is 9.59 Å². The van der Waals surface area contributed by atoms with Gasteiger partial charge in [-0.25, -0.2) is 5.43 Å². The van der Waals surface area contributed by atoms with E-state index < -0.39 is 11.4 Å². The van der Waals surface area contributed by atoms with Crippen LogP contribution < -0.4 is 10.9 Å². The van der Waals surface area contributed by atoms with Gasteiger partial charge in [-0.15, -0.1) is 0 Å². The summed E-state index contributed by atoms with van der Waals surface area (Å²) in [6.45, 7) is 4.17. The van der Waals surface area contributed by atoms with Crippen molar-refractivity contribution in [1.82, 2.24) is 10.9 Å². The van der Waals surface area contributed by atoms with Crippen molar-refractivity contribution in [3.8, 4) is 0 Å². The largest absolute Gasteiger partial charge is 0.303 e. The first-order chi connectivity index (χ1) is 7.16. The van der Waals surface area contributed by atoms with Crippen LogP contribution in [0.15, 0.2) is 0 Å². The van der Waals surface area contributed by atoms with Crippen LogP contribution in [0.2, 0.25) is 0 Å². The lowest BCUT2D eigenvalue weighted by Crippen LogP contribution is -2.47. The number of carbonyl (C=O) groups excluding carboxylic acids is 2. The van der Waals surface area contributed by atoms with Crippen molar-refractivity contribution in [3.05, 3.63) is 0 Å². The maximum atomic E-state index is 11.8. The van der Waals surface area contributed by atoms with Crippen LogP contribution in [0, 0.1) is 0 Å². The fourth-order valence-electron chi connectivity index (χ4n) is 1.94. The minimum Gasteiger partial charge on any atom is -0.286 e. The molecular formula is C11H20N2O2. The normalized spacial score (nSPS) is 19.3. The smallest absolute Gasteiger partial charge is 0.286 e. The summed E-state index contributed by atoms with van der Waals surface area (Å²) in [7, 11) is 0. The van der Waals surface area contributed by atoms with Gasteiger partial charge in [0.1, 0.15) is 5.54 Å². The molecule has 0 bridgehead atoms. The fourth-order valence-corrected chi connectivity index (χ4v) is 1.94. The summed E-state index contributed by atoms with van der Waals surface area (Å²) in [4.78, 5) is 23.0. The predicted octanol–water partition coefficient (Wildman–Crippen LogP) is 1.31. The van der Waals surface area contributed by atoms with Crippen molar-refractivity contribution in [2.45, 2.75) is 57.9 Å². The Morgan fingerprint density at radius 1 is 1.07 bits per heavy atom. The van der Waals surface area contributed by atoms with Crippen molar-refractivity contribution in [3.63, 3.8) is 0 Å². The molecule has 0 saturated carbocycles. The van der Waals surface area contributed by atoms with E-state index in [1.54, 1.807) is 0 Å². The molecule has 4 heteroatoms. The van der Waals surface area contributed by atoms with Crippen molar-refractivity contribution >= 4 is 11.7 Å². The van der Waals surface area contributed by atoms with Crippen LogP contribution in [0.4, 0.5) is 0 Å². The van der Waals surface area contributed by atoms with Gasteiger partial charge < -0.3 is 0 Å². The molecule has 0 spiro atoms. The first kappa shape index (κ1) is 12.2. The number of carbonyl (C=O) groups is 2. The Bertz CT molecular complexity index is 243. The molecule has 15 heavy (non-hydrogen) atoms. The number of ketones is 1. The van der Waals surface area contributed by atoms with Crippen LogP contribution in [0.1, 0.15) is 52.4 Å². The Morgan fingerprint density at radius 2 is 1.60 bits per heavy atom. The van der Waals surface area contributed by atoms with Gasteiger partial charge in [0, 0.05) is 0 Å². The first-order valence-corrected chi connectivity index (χ1v) is 5.78. The summed E-state index contributed by atoms with van der Waals surface area (Å²) in [6.07, 6.45) is 5.52. The average Bonchev–Trinajstić information content (AvgIpc) is 2.53. The SMILES string of the molecule is CCCCC1(CCCC)NNC(=O)C1=O. The highest BCUT2D eigenvalue weighted by Crippen LogP contribution is 2.25. The molecule has 1 aliphatic heterocycles. The molecule has 1 amide bonds. The number of hydrazine groups is 1.